The molecule has 0 aromatic rings. The maximum atomic E-state index is 9.10. The Labute approximate surface area is 146 Å². The zero-order valence-electron chi connectivity index (χ0n) is 10.3. The Hall–Kier alpha value is -2.26. The van der Waals surface area contributed by atoms with E-state index in [0.29, 0.717) is 0 Å². The molecule has 0 spiro atoms. The van der Waals surface area contributed by atoms with Gasteiger partial charge in [-0.2, -0.15) is 0 Å². The smallest absolute Gasteiger partial charge is 0.414 e. The van der Waals surface area contributed by atoms with Crippen LogP contribution in [0.1, 0.15) is 0 Å². The van der Waals surface area contributed by atoms with Gasteiger partial charge in [-0.3, -0.25) is 0 Å². The van der Waals surface area contributed by atoms with Gasteiger partial charge in [-0.05, 0) is 0 Å². The summed E-state index contributed by atoms with van der Waals surface area (Å²) in [5.41, 5.74) is 0. The number of hydrogen-bond donors (Lipinski definition) is 6. The molecule has 15 nitrogen and oxygen atoms in total. The third-order valence-corrected chi connectivity index (χ3v) is 0.549. The van der Waals surface area contributed by atoms with E-state index in [-0.39, 0.29) is 50.6 Å². The molecule has 0 heterocycles. The van der Waals surface area contributed by atoms with Gasteiger partial charge in [0.1, 0.15) is 0 Å². The van der Waals surface area contributed by atoms with Crippen molar-refractivity contribution in [2.45, 2.75) is 0 Å². The van der Waals surface area contributed by atoms with Gasteiger partial charge in [-0.15, -0.1) is 0 Å². The summed E-state index contributed by atoms with van der Waals surface area (Å²) in [5, 5.41) is 44.3. The van der Waals surface area contributed by atoms with E-state index in [1.807, 2.05) is 0 Å². The van der Waals surface area contributed by atoms with Crippen LogP contribution < -0.4 is 0 Å². The first-order valence-corrected chi connectivity index (χ1v) is 3.32. The molecule has 23 heavy (non-hydrogen) atoms. The molecule has 0 aliphatic heterocycles. The van der Waals surface area contributed by atoms with Gasteiger partial charge in [-0.25, -0.2) is 28.8 Å². The van der Waals surface area contributed by atoms with Crippen molar-refractivity contribution in [3.05, 3.63) is 0 Å². The van der Waals surface area contributed by atoms with Crippen molar-refractivity contribution in [3.63, 3.8) is 0 Å². The first kappa shape index (κ1) is 49.8. The fourth-order valence-electron chi connectivity index (χ4n) is 0. The van der Waals surface area contributed by atoms with Crippen LogP contribution in [-0.2, 0) is 62.9 Å². The molecule has 0 aromatic carbocycles. The summed E-state index contributed by atoms with van der Waals surface area (Å²) >= 11 is 0. The topological polar surface area (TPSA) is 318 Å². The quantitative estimate of drug-likeness (QED) is 0.154. The van der Waals surface area contributed by atoms with Crippen LogP contribution >= 0.6 is 0 Å². The average Bonchev–Trinajstić information content (AvgIpc) is 2.18. The Kier molecular flexibility index (Phi) is 60.6. The molecule has 0 unspecified atom stereocenters. The molecule has 0 aliphatic carbocycles. The minimum absolute atomic E-state index is 0. The van der Waals surface area contributed by atoms with Gasteiger partial charge in [0, 0.05) is 34.1 Å². The minimum atomic E-state index is -1.82. The summed E-state index contributed by atoms with van der Waals surface area (Å²) in [7, 11) is 0. The number of carbonyl (C=O) groups is 6. The van der Waals surface area contributed by atoms with Crippen molar-refractivity contribution in [2.75, 3.05) is 0 Å². The van der Waals surface area contributed by atoms with E-state index in [1.54, 1.807) is 0 Å². The number of hydrogen-bond acceptors (Lipinski definition) is 6. The predicted molar refractivity (Wildman–Crippen MR) is 56.7 cm³/mol. The summed E-state index contributed by atoms with van der Waals surface area (Å²) in [6, 6.07) is 0. The van der Waals surface area contributed by atoms with E-state index in [2.05, 4.69) is 0 Å². The monoisotopic (exact) mass is 436 g/mol. The molecular weight excluding hydrogens is 424 g/mol. The van der Waals surface area contributed by atoms with Gasteiger partial charge in [0.25, 0.3) is 0 Å². The molecule has 17 heteroatoms. The molecular formula is C6H12Fe2O15. The molecule has 0 aliphatic rings. The Morgan fingerprint density at radius 2 is 0.391 bits per heavy atom. The van der Waals surface area contributed by atoms with Crippen molar-refractivity contribution in [3.8, 4) is 0 Å². The zero-order chi connectivity index (χ0) is 15.5. The van der Waals surface area contributed by atoms with Crippen molar-refractivity contribution in [1.29, 1.82) is 0 Å². The molecule has 12 N–H and O–H groups in total. The molecule has 0 bridgehead atoms. The standard InChI is InChI=1S/3C2H2O4.2Fe.3H2O/c3*3-1(4)2(5)6;;;;;/h3*(H,3,4)(H,5,6);;;3*1H2. The molecule has 0 saturated carbocycles. The van der Waals surface area contributed by atoms with Crippen molar-refractivity contribution in [1.82, 2.24) is 0 Å². The van der Waals surface area contributed by atoms with Gasteiger partial charge >= 0.3 is 35.8 Å². The van der Waals surface area contributed by atoms with Crippen LogP contribution in [0.5, 0.6) is 0 Å². The number of carboxylic acids is 6. The second-order valence-corrected chi connectivity index (χ2v) is 1.83. The van der Waals surface area contributed by atoms with Gasteiger partial charge in [0.2, 0.25) is 0 Å². The number of aliphatic carboxylic acids is 6. The molecule has 0 fully saturated rings. The second kappa shape index (κ2) is 28.0. The molecule has 0 amide bonds. The SMILES string of the molecule is O.O.O.O=C(O)C(=O)O.O=C(O)C(=O)O.O=C(O)C(=O)O.[Fe].[Fe]. The van der Waals surface area contributed by atoms with Crippen LogP contribution in [0.3, 0.4) is 0 Å². The Morgan fingerprint density at radius 1 is 0.348 bits per heavy atom. The summed E-state index contributed by atoms with van der Waals surface area (Å²) < 4.78 is 0. The van der Waals surface area contributed by atoms with E-state index >= 15 is 0 Å². The van der Waals surface area contributed by atoms with Gasteiger partial charge in [0.05, 0.1) is 0 Å². The van der Waals surface area contributed by atoms with E-state index in [9.17, 15) is 0 Å². The number of carboxylic acid groups (broad SMARTS) is 6. The first-order valence-electron chi connectivity index (χ1n) is 3.32. The third-order valence-electron chi connectivity index (χ3n) is 0.549. The summed E-state index contributed by atoms with van der Waals surface area (Å²) in [4.78, 5) is 54.6. The fourth-order valence-corrected chi connectivity index (χ4v) is 0. The molecule has 0 rings (SSSR count). The van der Waals surface area contributed by atoms with Crippen LogP contribution in [0.2, 0.25) is 0 Å². The molecule has 0 aromatic heterocycles. The molecule has 0 saturated heterocycles. The summed E-state index contributed by atoms with van der Waals surface area (Å²) in [5.74, 6) is -10.9. The van der Waals surface area contributed by atoms with E-state index in [0.717, 1.165) is 0 Å². The van der Waals surface area contributed by atoms with Gasteiger partial charge < -0.3 is 47.1 Å². The van der Waals surface area contributed by atoms with Crippen LogP contribution in [-0.4, -0.2) is 82.9 Å². The fraction of sp³-hybridized carbons (Fsp3) is 0. The summed E-state index contributed by atoms with van der Waals surface area (Å²) in [6.07, 6.45) is 0. The van der Waals surface area contributed by atoms with E-state index in [4.69, 9.17) is 59.4 Å². The normalized spacial score (nSPS) is 5.74. The van der Waals surface area contributed by atoms with Gasteiger partial charge in [0.15, 0.2) is 0 Å². The van der Waals surface area contributed by atoms with Crippen LogP contribution in [0.15, 0.2) is 0 Å². The Morgan fingerprint density at radius 3 is 0.391 bits per heavy atom. The van der Waals surface area contributed by atoms with E-state index < -0.39 is 35.8 Å². The zero-order valence-corrected chi connectivity index (χ0v) is 12.5. The molecule has 142 valence electrons. The Balaban J connectivity index is -0.0000000221. The molecule has 0 radical (unpaired) electrons. The number of rotatable bonds is 0. The first-order chi connectivity index (χ1) is 7.93. The van der Waals surface area contributed by atoms with Crippen molar-refractivity contribution >= 4 is 35.8 Å². The maximum Gasteiger partial charge on any atom is 0.414 e. The third kappa shape index (κ3) is 65.5. The largest absolute Gasteiger partial charge is 0.473 e. The van der Waals surface area contributed by atoms with E-state index in [1.165, 1.54) is 0 Å². The second-order valence-electron chi connectivity index (χ2n) is 1.83. The van der Waals surface area contributed by atoms with Gasteiger partial charge in [-0.1, -0.05) is 0 Å². The summed E-state index contributed by atoms with van der Waals surface area (Å²) in [6.45, 7) is 0. The van der Waals surface area contributed by atoms with Crippen molar-refractivity contribution < 1.29 is 110 Å². The minimum Gasteiger partial charge on any atom is -0.473 e. The molecule has 0 atom stereocenters. The Bertz CT molecular complexity index is 283. The average molecular weight is 436 g/mol. The predicted octanol–water partition coefficient (Wildman–Crippen LogP) is -5.01. The van der Waals surface area contributed by atoms with Crippen LogP contribution in [0.4, 0.5) is 0 Å². The van der Waals surface area contributed by atoms with Crippen LogP contribution in [0.25, 0.3) is 0 Å². The van der Waals surface area contributed by atoms with Crippen molar-refractivity contribution in [2.24, 2.45) is 0 Å². The maximum absolute atomic E-state index is 9.10. The van der Waals surface area contributed by atoms with Crippen LogP contribution in [0, 0.1) is 0 Å².